The highest BCUT2D eigenvalue weighted by molar-refractivity contribution is 8.18. The largest absolute Gasteiger partial charge is 0.322 e. The second-order valence-electron chi connectivity index (χ2n) is 5.93. The number of halogens is 1. The second kappa shape index (κ2) is 10.1. The Morgan fingerprint density at radius 3 is 2.58 bits per heavy atom. The van der Waals surface area contributed by atoms with Crippen LogP contribution < -0.4 is 5.32 Å². The topological polar surface area (TPSA) is 61.8 Å². The Hall–Kier alpha value is -2.15. The van der Waals surface area contributed by atoms with Crippen molar-refractivity contribution in [2.75, 3.05) is 18.4 Å². The number of carbonyl (C=O) groups excluding carboxylic acids is 2. The number of carbonyl (C=O) groups is 2. The lowest BCUT2D eigenvalue weighted by molar-refractivity contribution is -0.122. The van der Waals surface area contributed by atoms with Gasteiger partial charge in [-0.2, -0.15) is 0 Å². The number of amidine groups is 1. The lowest BCUT2D eigenvalue weighted by Gasteiger charge is -2.14. The Kier molecular flexibility index (Phi) is 7.84. The van der Waals surface area contributed by atoms with E-state index >= 15 is 0 Å². The molecule has 2 amide bonds. The molecule has 1 aliphatic heterocycles. The second-order valence-corrected chi connectivity index (χ2v) is 6.94. The molecule has 1 aliphatic rings. The van der Waals surface area contributed by atoms with Crippen molar-refractivity contribution in [1.29, 1.82) is 0 Å². The first-order chi connectivity index (χ1) is 12.5. The molecule has 2 rings (SSSR count). The summed E-state index contributed by atoms with van der Waals surface area (Å²) >= 11 is 1.24. The summed E-state index contributed by atoms with van der Waals surface area (Å²) in [6.07, 6.45) is 5.14. The lowest BCUT2D eigenvalue weighted by Crippen LogP contribution is -2.30. The van der Waals surface area contributed by atoms with E-state index in [-0.39, 0.29) is 11.7 Å². The summed E-state index contributed by atoms with van der Waals surface area (Å²) in [7, 11) is 0. The van der Waals surface area contributed by atoms with Gasteiger partial charge in [0.15, 0.2) is 5.17 Å². The highest BCUT2D eigenvalue weighted by atomic mass is 32.2. The number of hydrogen-bond donors (Lipinski definition) is 1. The van der Waals surface area contributed by atoms with Crippen LogP contribution in [0.25, 0.3) is 0 Å². The van der Waals surface area contributed by atoms with E-state index in [1.807, 2.05) is 0 Å². The molecule has 140 valence electrons. The number of unbranched alkanes of at least 4 members (excludes halogenated alkanes) is 2. The number of aliphatic imine (C=N–C) groups is 1. The van der Waals surface area contributed by atoms with Crippen molar-refractivity contribution in [3.63, 3.8) is 0 Å². The summed E-state index contributed by atoms with van der Waals surface area (Å²) < 4.78 is 12.9. The zero-order valence-electron chi connectivity index (χ0n) is 15.1. The molecule has 0 aromatic heterocycles. The maximum Gasteiger partial charge on any atom is 0.266 e. The summed E-state index contributed by atoms with van der Waals surface area (Å²) in [5.74, 6) is -0.979. The molecule has 1 aromatic carbocycles. The van der Waals surface area contributed by atoms with Gasteiger partial charge in [-0.1, -0.05) is 26.7 Å². The fraction of sp³-hybridized carbons (Fsp3) is 0.421. The van der Waals surface area contributed by atoms with Crippen molar-refractivity contribution in [1.82, 2.24) is 4.90 Å². The third kappa shape index (κ3) is 5.69. The Balaban J connectivity index is 2.10. The number of rotatable bonds is 8. The van der Waals surface area contributed by atoms with Gasteiger partial charge in [0.2, 0.25) is 5.91 Å². The van der Waals surface area contributed by atoms with Gasteiger partial charge in [-0.25, -0.2) is 4.39 Å². The average molecular weight is 377 g/mol. The maximum atomic E-state index is 12.9. The van der Waals surface area contributed by atoms with E-state index in [9.17, 15) is 14.0 Å². The van der Waals surface area contributed by atoms with Crippen molar-refractivity contribution in [3.8, 4) is 0 Å². The molecule has 0 atom stereocenters. The minimum absolute atomic E-state index is 0.187. The summed E-state index contributed by atoms with van der Waals surface area (Å²) in [5.41, 5.74) is 0.475. The van der Waals surface area contributed by atoms with Crippen molar-refractivity contribution in [2.45, 2.75) is 39.5 Å². The third-order valence-electron chi connectivity index (χ3n) is 3.76. The van der Waals surface area contributed by atoms with Crippen LogP contribution in [0.5, 0.6) is 0 Å². The molecule has 0 spiro atoms. The standard InChI is InChI=1S/C19H24FN3O2S/c1-3-5-11-21-19-23(12-6-4-2)18(25)16(26-19)13-17(24)22-15-9-7-14(20)8-10-15/h7-10,13H,3-6,11-12H2,1-2H3,(H,22,24)/b16-13+,21-19?. The van der Waals surface area contributed by atoms with E-state index in [4.69, 9.17) is 0 Å². The molecule has 0 bridgehead atoms. The quantitative estimate of drug-likeness (QED) is 0.546. The van der Waals surface area contributed by atoms with Crippen molar-refractivity contribution < 1.29 is 14.0 Å². The van der Waals surface area contributed by atoms with Gasteiger partial charge in [0.1, 0.15) is 5.82 Å². The Bertz CT molecular complexity index is 701. The number of anilines is 1. The molecule has 1 fully saturated rings. The SMILES string of the molecule is CCCCN=C1S/C(=C/C(=O)Nc2ccc(F)cc2)C(=O)N1CCCC. The molecule has 0 saturated carbocycles. The summed E-state index contributed by atoms with van der Waals surface area (Å²) in [5, 5.41) is 3.30. The van der Waals surface area contributed by atoms with Crippen LogP contribution in [0.3, 0.4) is 0 Å². The van der Waals surface area contributed by atoms with Crippen LogP contribution in [0.2, 0.25) is 0 Å². The van der Waals surface area contributed by atoms with E-state index in [0.29, 0.717) is 28.8 Å². The fourth-order valence-corrected chi connectivity index (χ4v) is 3.30. The van der Waals surface area contributed by atoms with E-state index < -0.39 is 5.91 Å². The number of amides is 2. The maximum absolute atomic E-state index is 12.9. The molecule has 1 N–H and O–H groups in total. The van der Waals surface area contributed by atoms with E-state index in [0.717, 1.165) is 25.7 Å². The highest BCUT2D eigenvalue weighted by Crippen LogP contribution is 2.31. The molecule has 0 radical (unpaired) electrons. The molecule has 0 unspecified atom stereocenters. The predicted octanol–water partition coefficient (Wildman–Crippen LogP) is 4.18. The molecule has 26 heavy (non-hydrogen) atoms. The predicted molar refractivity (Wildman–Crippen MR) is 105 cm³/mol. The van der Waals surface area contributed by atoms with Gasteiger partial charge in [-0.3, -0.25) is 19.5 Å². The van der Waals surface area contributed by atoms with E-state index in [1.165, 1.54) is 42.1 Å². The van der Waals surface area contributed by atoms with E-state index in [1.54, 1.807) is 4.90 Å². The number of benzene rings is 1. The van der Waals surface area contributed by atoms with Gasteiger partial charge in [0, 0.05) is 24.9 Å². The van der Waals surface area contributed by atoms with Crippen LogP contribution in [0.15, 0.2) is 40.2 Å². The molecule has 1 aromatic rings. The van der Waals surface area contributed by atoms with Gasteiger partial charge in [0.25, 0.3) is 5.91 Å². The number of thioether (sulfide) groups is 1. The number of hydrogen-bond acceptors (Lipinski definition) is 4. The van der Waals surface area contributed by atoms with Gasteiger partial charge < -0.3 is 5.32 Å². The summed E-state index contributed by atoms with van der Waals surface area (Å²) in [4.78, 5) is 31.3. The van der Waals surface area contributed by atoms with Gasteiger partial charge in [-0.15, -0.1) is 0 Å². The van der Waals surface area contributed by atoms with Crippen LogP contribution in [-0.4, -0.2) is 35.0 Å². The van der Waals surface area contributed by atoms with Crippen LogP contribution in [0.4, 0.5) is 10.1 Å². The van der Waals surface area contributed by atoms with Gasteiger partial charge >= 0.3 is 0 Å². The van der Waals surface area contributed by atoms with Crippen LogP contribution in [0.1, 0.15) is 39.5 Å². The summed E-state index contributed by atoms with van der Waals surface area (Å²) in [6, 6.07) is 5.48. The molecule has 5 nitrogen and oxygen atoms in total. The molecular formula is C19H24FN3O2S. The van der Waals surface area contributed by atoms with Gasteiger partial charge in [-0.05, 0) is 48.9 Å². The smallest absolute Gasteiger partial charge is 0.266 e. The lowest BCUT2D eigenvalue weighted by atomic mass is 10.3. The minimum atomic E-state index is -0.419. The van der Waals surface area contributed by atoms with E-state index in [2.05, 4.69) is 24.2 Å². The van der Waals surface area contributed by atoms with Crippen LogP contribution in [0, 0.1) is 5.82 Å². The Morgan fingerprint density at radius 1 is 1.23 bits per heavy atom. The average Bonchev–Trinajstić information content (AvgIpc) is 2.90. The monoisotopic (exact) mass is 377 g/mol. The zero-order chi connectivity index (χ0) is 18.9. The fourth-order valence-electron chi connectivity index (χ4n) is 2.30. The molecule has 1 saturated heterocycles. The molecule has 1 heterocycles. The molecule has 7 heteroatoms. The number of nitrogens with one attached hydrogen (secondary N) is 1. The van der Waals surface area contributed by atoms with Crippen molar-refractivity contribution >= 4 is 34.4 Å². The first-order valence-electron chi connectivity index (χ1n) is 8.87. The van der Waals surface area contributed by atoms with Crippen molar-refractivity contribution in [2.24, 2.45) is 4.99 Å². The molecule has 0 aliphatic carbocycles. The molecular weight excluding hydrogens is 353 g/mol. The Labute approximate surface area is 157 Å². The first-order valence-corrected chi connectivity index (χ1v) is 9.69. The third-order valence-corrected chi connectivity index (χ3v) is 4.80. The first kappa shape index (κ1) is 20.2. The minimum Gasteiger partial charge on any atom is -0.322 e. The van der Waals surface area contributed by atoms with Crippen LogP contribution in [-0.2, 0) is 9.59 Å². The number of nitrogens with zero attached hydrogens (tertiary/aromatic N) is 2. The van der Waals surface area contributed by atoms with Crippen molar-refractivity contribution in [3.05, 3.63) is 41.1 Å². The normalized spacial score (nSPS) is 17.3. The highest BCUT2D eigenvalue weighted by Gasteiger charge is 2.33. The Morgan fingerprint density at radius 2 is 1.92 bits per heavy atom. The van der Waals surface area contributed by atoms with Gasteiger partial charge in [0.05, 0.1) is 4.91 Å². The summed E-state index contributed by atoms with van der Waals surface area (Å²) in [6.45, 7) is 5.43. The zero-order valence-corrected chi connectivity index (χ0v) is 15.9. The van der Waals surface area contributed by atoms with Crippen LogP contribution >= 0.6 is 11.8 Å².